The van der Waals surface area contributed by atoms with Gasteiger partial charge in [0.1, 0.15) is 0 Å². The van der Waals surface area contributed by atoms with Gasteiger partial charge in [-0.25, -0.2) is 0 Å². The van der Waals surface area contributed by atoms with Crippen LogP contribution in [0.15, 0.2) is 46.0 Å². The maximum atomic E-state index is 11.9. The van der Waals surface area contributed by atoms with Crippen molar-refractivity contribution in [3.63, 3.8) is 0 Å². The molecule has 1 aromatic carbocycles. The van der Waals surface area contributed by atoms with Gasteiger partial charge in [-0.3, -0.25) is 9.59 Å². The molecule has 0 aliphatic rings. The van der Waals surface area contributed by atoms with E-state index in [9.17, 15) is 9.59 Å². The van der Waals surface area contributed by atoms with Gasteiger partial charge in [0.2, 0.25) is 5.91 Å². The Morgan fingerprint density at radius 1 is 1.20 bits per heavy atom. The molecule has 0 aliphatic heterocycles. The fourth-order valence-corrected chi connectivity index (χ4v) is 3.18. The number of hydrogen-bond acceptors (Lipinski definition) is 4. The number of carbonyl (C=O) groups is 2. The Bertz CT molecular complexity index is 597. The first kappa shape index (κ1) is 14.6. The molecule has 4 nitrogen and oxygen atoms in total. The van der Waals surface area contributed by atoms with Gasteiger partial charge in [-0.15, -0.1) is 23.1 Å². The molecule has 0 saturated heterocycles. The van der Waals surface area contributed by atoms with E-state index in [-0.39, 0.29) is 11.8 Å². The Morgan fingerprint density at radius 2 is 2.00 bits per heavy atom. The molecule has 6 heteroatoms. The van der Waals surface area contributed by atoms with Crippen LogP contribution in [0.25, 0.3) is 0 Å². The molecule has 104 valence electrons. The average molecular weight is 306 g/mol. The molecule has 2 amide bonds. The minimum atomic E-state index is -0.216. The first-order valence-electron chi connectivity index (χ1n) is 5.98. The van der Waals surface area contributed by atoms with Crippen LogP contribution < -0.4 is 10.6 Å². The monoisotopic (exact) mass is 306 g/mol. The second-order valence-electron chi connectivity index (χ2n) is 3.89. The molecule has 0 bridgehead atoms. The molecular weight excluding hydrogens is 292 g/mol. The minimum Gasteiger partial charge on any atom is -0.355 e. The topological polar surface area (TPSA) is 58.2 Å². The third-order valence-electron chi connectivity index (χ3n) is 2.51. The van der Waals surface area contributed by atoms with Gasteiger partial charge < -0.3 is 10.6 Å². The maximum Gasteiger partial charge on any atom is 0.253 e. The fourth-order valence-electron chi connectivity index (χ4n) is 1.59. The standard InChI is InChI=1S/C14H14N2O2S2/c1-15-14(18)10-5-2-3-6-11(10)16-12(17)9-20-13-7-4-8-19-13/h2-8H,9H2,1H3,(H,15,18)(H,16,17). The van der Waals surface area contributed by atoms with Crippen LogP contribution in [0.4, 0.5) is 5.69 Å². The highest BCUT2D eigenvalue weighted by molar-refractivity contribution is 8.01. The van der Waals surface area contributed by atoms with Crippen LogP contribution >= 0.6 is 23.1 Å². The molecule has 0 aliphatic carbocycles. The van der Waals surface area contributed by atoms with E-state index in [1.54, 1.807) is 42.6 Å². The van der Waals surface area contributed by atoms with Crippen molar-refractivity contribution in [3.8, 4) is 0 Å². The molecule has 2 rings (SSSR count). The second kappa shape index (κ2) is 7.12. The lowest BCUT2D eigenvalue weighted by molar-refractivity contribution is -0.113. The van der Waals surface area contributed by atoms with E-state index >= 15 is 0 Å². The van der Waals surface area contributed by atoms with Crippen molar-refractivity contribution in [1.82, 2.24) is 5.32 Å². The molecule has 0 fully saturated rings. The van der Waals surface area contributed by atoms with Crippen molar-refractivity contribution in [2.45, 2.75) is 4.21 Å². The lowest BCUT2D eigenvalue weighted by Gasteiger charge is -2.09. The quantitative estimate of drug-likeness (QED) is 0.835. The number of benzene rings is 1. The second-order valence-corrected chi connectivity index (χ2v) is 6.12. The van der Waals surface area contributed by atoms with Gasteiger partial charge in [-0.1, -0.05) is 18.2 Å². The summed E-state index contributed by atoms with van der Waals surface area (Å²) in [6, 6.07) is 10.9. The molecule has 0 radical (unpaired) electrons. The van der Waals surface area contributed by atoms with Crippen molar-refractivity contribution in [3.05, 3.63) is 47.3 Å². The average Bonchev–Trinajstić information content (AvgIpc) is 2.98. The highest BCUT2D eigenvalue weighted by Crippen LogP contribution is 2.23. The number of rotatable bonds is 5. The van der Waals surface area contributed by atoms with Gasteiger partial charge >= 0.3 is 0 Å². The number of thiophene rings is 1. The largest absolute Gasteiger partial charge is 0.355 e. The van der Waals surface area contributed by atoms with Gasteiger partial charge in [0.25, 0.3) is 5.91 Å². The molecule has 1 aromatic heterocycles. The van der Waals surface area contributed by atoms with Gasteiger partial charge in [-0.05, 0) is 23.6 Å². The van der Waals surface area contributed by atoms with Crippen molar-refractivity contribution in [2.75, 3.05) is 18.1 Å². The summed E-state index contributed by atoms with van der Waals surface area (Å²) in [5.74, 6) is -0.0191. The maximum absolute atomic E-state index is 11.9. The summed E-state index contributed by atoms with van der Waals surface area (Å²) in [6.07, 6.45) is 0. The Balaban J connectivity index is 1.99. The molecule has 2 N–H and O–H groups in total. The van der Waals surface area contributed by atoms with Crippen LogP contribution in [0, 0.1) is 0 Å². The van der Waals surface area contributed by atoms with Gasteiger partial charge in [-0.2, -0.15) is 0 Å². The number of carbonyl (C=O) groups excluding carboxylic acids is 2. The Kier molecular flexibility index (Phi) is 5.20. The van der Waals surface area contributed by atoms with Crippen LogP contribution in [0.2, 0.25) is 0 Å². The third-order valence-corrected chi connectivity index (χ3v) is 4.64. The first-order valence-corrected chi connectivity index (χ1v) is 7.84. The first-order chi connectivity index (χ1) is 9.70. The molecular formula is C14H14N2O2S2. The predicted molar refractivity (Wildman–Crippen MR) is 83.5 cm³/mol. The molecule has 0 spiro atoms. The molecule has 2 aromatic rings. The van der Waals surface area contributed by atoms with Gasteiger partial charge in [0, 0.05) is 7.05 Å². The minimum absolute atomic E-state index is 0.125. The molecule has 0 saturated carbocycles. The van der Waals surface area contributed by atoms with Crippen LogP contribution in [-0.2, 0) is 4.79 Å². The fraction of sp³-hybridized carbons (Fsp3) is 0.143. The highest BCUT2D eigenvalue weighted by Gasteiger charge is 2.11. The number of para-hydroxylation sites is 1. The number of thioether (sulfide) groups is 1. The lowest BCUT2D eigenvalue weighted by atomic mass is 10.1. The number of anilines is 1. The normalized spacial score (nSPS) is 10.1. The summed E-state index contributed by atoms with van der Waals surface area (Å²) in [5.41, 5.74) is 0.994. The van der Waals surface area contributed by atoms with E-state index < -0.39 is 0 Å². The lowest BCUT2D eigenvalue weighted by Crippen LogP contribution is -2.22. The highest BCUT2D eigenvalue weighted by atomic mass is 32.2. The summed E-state index contributed by atoms with van der Waals surface area (Å²) in [7, 11) is 1.56. The van der Waals surface area contributed by atoms with Crippen molar-refractivity contribution >= 4 is 40.6 Å². The zero-order valence-corrected chi connectivity index (χ0v) is 12.5. The van der Waals surface area contributed by atoms with Gasteiger partial charge in [0.05, 0.1) is 21.2 Å². The van der Waals surface area contributed by atoms with E-state index in [0.717, 1.165) is 4.21 Å². The predicted octanol–water partition coefficient (Wildman–Crippen LogP) is 2.84. The smallest absolute Gasteiger partial charge is 0.253 e. The van der Waals surface area contributed by atoms with Crippen molar-refractivity contribution in [1.29, 1.82) is 0 Å². The summed E-state index contributed by atoms with van der Waals surface area (Å²) < 4.78 is 1.10. The Morgan fingerprint density at radius 3 is 2.70 bits per heavy atom. The molecule has 0 unspecified atom stereocenters. The number of hydrogen-bond donors (Lipinski definition) is 2. The summed E-state index contributed by atoms with van der Waals surface area (Å²) in [6.45, 7) is 0. The van der Waals surface area contributed by atoms with E-state index in [1.807, 2.05) is 17.5 Å². The van der Waals surface area contributed by atoms with E-state index in [1.165, 1.54) is 11.8 Å². The summed E-state index contributed by atoms with van der Waals surface area (Å²) in [5, 5.41) is 7.30. The van der Waals surface area contributed by atoms with Gasteiger partial charge in [0.15, 0.2) is 0 Å². The summed E-state index contributed by atoms with van der Waals surface area (Å²) >= 11 is 3.08. The Hall–Kier alpha value is -1.79. The van der Waals surface area contributed by atoms with Crippen LogP contribution in [-0.4, -0.2) is 24.6 Å². The SMILES string of the molecule is CNC(=O)c1ccccc1NC(=O)CSc1cccs1. The van der Waals surface area contributed by atoms with E-state index in [0.29, 0.717) is 17.0 Å². The zero-order chi connectivity index (χ0) is 14.4. The number of nitrogens with one attached hydrogen (secondary N) is 2. The van der Waals surface area contributed by atoms with Crippen molar-refractivity contribution < 1.29 is 9.59 Å². The van der Waals surface area contributed by atoms with E-state index in [2.05, 4.69) is 10.6 Å². The van der Waals surface area contributed by atoms with Crippen LogP contribution in [0.5, 0.6) is 0 Å². The van der Waals surface area contributed by atoms with Crippen molar-refractivity contribution in [2.24, 2.45) is 0 Å². The molecule has 20 heavy (non-hydrogen) atoms. The van der Waals surface area contributed by atoms with Crippen LogP contribution in [0.1, 0.15) is 10.4 Å². The zero-order valence-electron chi connectivity index (χ0n) is 10.9. The van der Waals surface area contributed by atoms with Crippen LogP contribution in [0.3, 0.4) is 0 Å². The molecule has 1 heterocycles. The van der Waals surface area contributed by atoms with E-state index in [4.69, 9.17) is 0 Å². The third kappa shape index (κ3) is 3.85. The number of amides is 2. The Labute approximate surface area is 125 Å². The molecule has 0 atom stereocenters. The summed E-state index contributed by atoms with van der Waals surface area (Å²) in [4.78, 5) is 23.6.